The normalized spacial score (nSPS) is 12.8. The van der Waals surface area contributed by atoms with Crippen LogP contribution in [0.4, 0.5) is 0 Å². The van der Waals surface area contributed by atoms with Gasteiger partial charge in [-0.2, -0.15) is 0 Å². The van der Waals surface area contributed by atoms with Crippen molar-refractivity contribution in [2.75, 3.05) is 6.54 Å². The van der Waals surface area contributed by atoms with Crippen LogP contribution >= 0.6 is 0 Å². The van der Waals surface area contributed by atoms with Crippen LogP contribution in [0.15, 0.2) is 22.6 Å². The number of nitrogens with one attached hydrogen (secondary N) is 1. The summed E-state index contributed by atoms with van der Waals surface area (Å²) >= 11 is 0. The van der Waals surface area contributed by atoms with Crippen molar-refractivity contribution in [2.45, 2.75) is 27.2 Å². The minimum atomic E-state index is -0.885. The minimum absolute atomic E-state index is 0.133. The SMILES string of the molecule is Cc1ccc(/C=C/C(=O)NCC(CC(C)C)C(=O)O)o1. The van der Waals surface area contributed by atoms with E-state index in [2.05, 4.69) is 5.32 Å². The topological polar surface area (TPSA) is 79.5 Å². The molecule has 1 rings (SSSR count). The van der Waals surface area contributed by atoms with Crippen molar-refractivity contribution in [3.05, 3.63) is 29.7 Å². The molecule has 5 nitrogen and oxygen atoms in total. The molecule has 0 aliphatic rings. The maximum absolute atomic E-state index is 11.6. The van der Waals surface area contributed by atoms with Crippen molar-refractivity contribution in [3.8, 4) is 0 Å². The molecule has 110 valence electrons. The summed E-state index contributed by atoms with van der Waals surface area (Å²) in [7, 11) is 0. The number of amides is 1. The maximum Gasteiger partial charge on any atom is 0.308 e. The minimum Gasteiger partial charge on any atom is -0.481 e. The highest BCUT2D eigenvalue weighted by Gasteiger charge is 2.19. The van der Waals surface area contributed by atoms with Crippen LogP contribution in [-0.2, 0) is 9.59 Å². The fourth-order valence-corrected chi connectivity index (χ4v) is 1.82. The zero-order chi connectivity index (χ0) is 15.1. The summed E-state index contributed by atoms with van der Waals surface area (Å²) in [5.41, 5.74) is 0. The summed E-state index contributed by atoms with van der Waals surface area (Å²) in [4.78, 5) is 22.6. The molecule has 1 aromatic heterocycles. The molecule has 0 bridgehead atoms. The van der Waals surface area contributed by atoms with Crippen LogP contribution in [-0.4, -0.2) is 23.5 Å². The molecule has 0 saturated carbocycles. The van der Waals surface area contributed by atoms with Gasteiger partial charge in [-0.1, -0.05) is 13.8 Å². The van der Waals surface area contributed by atoms with E-state index in [0.717, 1.165) is 5.76 Å². The van der Waals surface area contributed by atoms with E-state index in [4.69, 9.17) is 9.52 Å². The largest absolute Gasteiger partial charge is 0.481 e. The standard InChI is InChI=1S/C15H21NO4/c1-10(2)8-12(15(18)19)9-16-14(17)7-6-13-5-4-11(3)20-13/h4-7,10,12H,8-9H2,1-3H3,(H,16,17)(H,18,19)/b7-6+. The van der Waals surface area contributed by atoms with Gasteiger partial charge in [-0.05, 0) is 37.5 Å². The lowest BCUT2D eigenvalue weighted by Crippen LogP contribution is -2.32. The van der Waals surface area contributed by atoms with E-state index in [-0.39, 0.29) is 18.4 Å². The first-order chi connectivity index (χ1) is 9.38. The average molecular weight is 279 g/mol. The molecule has 1 aromatic rings. The highest BCUT2D eigenvalue weighted by Crippen LogP contribution is 2.11. The molecule has 0 aliphatic heterocycles. The molecule has 5 heteroatoms. The molecule has 0 aliphatic carbocycles. The molecule has 1 amide bonds. The second-order valence-corrected chi connectivity index (χ2v) is 5.19. The first kappa shape index (κ1) is 16.0. The molecule has 20 heavy (non-hydrogen) atoms. The summed E-state index contributed by atoms with van der Waals surface area (Å²) in [5.74, 6) is -0.130. The van der Waals surface area contributed by atoms with Crippen LogP contribution in [0.5, 0.6) is 0 Å². The van der Waals surface area contributed by atoms with Crippen LogP contribution in [0.25, 0.3) is 6.08 Å². The Morgan fingerprint density at radius 3 is 2.60 bits per heavy atom. The number of aryl methyl sites for hydroxylation is 1. The molecule has 0 saturated heterocycles. The maximum atomic E-state index is 11.6. The zero-order valence-electron chi connectivity index (χ0n) is 12.1. The third-order valence-electron chi connectivity index (χ3n) is 2.79. The van der Waals surface area contributed by atoms with Gasteiger partial charge in [0.1, 0.15) is 11.5 Å². The van der Waals surface area contributed by atoms with Crippen molar-refractivity contribution in [3.63, 3.8) is 0 Å². The zero-order valence-corrected chi connectivity index (χ0v) is 12.1. The van der Waals surface area contributed by atoms with Crippen molar-refractivity contribution in [1.29, 1.82) is 0 Å². The van der Waals surface area contributed by atoms with E-state index in [1.54, 1.807) is 18.2 Å². The van der Waals surface area contributed by atoms with E-state index in [1.807, 2.05) is 20.8 Å². The molecule has 0 radical (unpaired) electrons. The van der Waals surface area contributed by atoms with E-state index >= 15 is 0 Å². The van der Waals surface area contributed by atoms with Gasteiger partial charge in [0.15, 0.2) is 0 Å². The van der Waals surface area contributed by atoms with Crippen LogP contribution in [0.3, 0.4) is 0 Å². The number of rotatable bonds is 7. The fourth-order valence-electron chi connectivity index (χ4n) is 1.82. The quantitative estimate of drug-likeness (QED) is 0.751. The lowest BCUT2D eigenvalue weighted by Gasteiger charge is -2.14. The van der Waals surface area contributed by atoms with Crippen molar-refractivity contribution in [2.24, 2.45) is 11.8 Å². The van der Waals surface area contributed by atoms with Gasteiger partial charge in [0.25, 0.3) is 0 Å². The van der Waals surface area contributed by atoms with Crippen LogP contribution in [0.2, 0.25) is 0 Å². The smallest absolute Gasteiger partial charge is 0.308 e. The van der Waals surface area contributed by atoms with Crippen molar-refractivity contribution in [1.82, 2.24) is 5.32 Å². The Kier molecular flexibility index (Phi) is 6.03. The predicted molar refractivity (Wildman–Crippen MR) is 76.1 cm³/mol. The molecule has 0 spiro atoms. The van der Waals surface area contributed by atoms with E-state index < -0.39 is 11.9 Å². The Labute approximate surface area is 118 Å². The Hall–Kier alpha value is -2.04. The summed E-state index contributed by atoms with van der Waals surface area (Å²) in [6.45, 7) is 5.86. The van der Waals surface area contributed by atoms with Gasteiger partial charge in [0.2, 0.25) is 5.91 Å². The Bertz CT molecular complexity index is 488. The number of carboxylic acids is 1. The highest BCUT2D eigenvalue weighted by molar-refractivity contribution is 5.91. The number of aliphatic carboxylic acids is 1. The molecule has 1 atom stereocenters. The number of carbonyl (C=O) groups excluding carboxylic acids is 1. The Morgan fingerprint density at radius 1 is 1.40 bits per heavy atom. The third kappa shape index (κ3) is 5.73. The van der Waals surface area contributed by atoms with Crippen molar-refractivity contribution >= 4 is 18.0 Å². The lowest BCUT2D eigenvalue weighted by atomic mass is 9.97. The summed E-state index contributed by atoms with van der Waals surface area (Å²) < 4.78 is 5.29. The third-order valence-corrected chi connectivity index (χ3v) is 2.79. The van der Waals surface area contributed by atoms with Gasteiger partial charge in [-0.3, -0.25) is 9.59 Å². The van der Waals surface area contributed by atoms with Crippen LogP contribution in [0.1, 0.15) is 31.8 Å². The van der Waals surface area contributed by atoms with Gasteiger partial charge in [-0.15, -0.1) is 0 Å². The molecule has 0 fully saturated rings. The monoisotopic (exact) mass is 279 g/mol. The lowest BCUT2D eigenvalue weighted by molar-refractivity contribution is -0.142. The second kappa shape index (κ2) is 7.53. The summed E-state index contributed by atoms with van der Waals surface area (Å²) in [6, 6.07) is 3.57. The average Bonchev–Trinajstić information content (AvgIpc) is 2.77. The number of furan rings is 1. The predicted octanol–water partition coefficient (Wildman–Crippen LogP) is 2.46. The number of hydrogen-bond donors (Lipinski definition) is 2. The Morgan fingerprint density at radius 2 is 2.10 bits per heavy atom. The van der Waals surface area contributed by atoms with Crippen LogP contribution in [0, 0.1) is 18.8 Å². The van der Waals surface area contributed by atoms with Gasteiger partial charge in [-0.25, -0.2) is 0 Å². The molecular formula is C15H21NO4. The van der Waals surface area contributed by atoms with Gasteiger partial charge < -0.3 is 14.8 Å². The highest BCUT2D eigenvalue weighted by atomic mass is 16.4. The van der Waals surface area contributed by atoms with Gasteiger partial charge in [0, 0.05) is 12.6 Å². The molecule has 0 aromatic carbocycles. The van der Waals surface area contributed by atoms with Crippen molar-refractivity contribution < 1.29 is 19.1 Å². The fraction of sp³-hybridized carbons (Fsp3) is 0.467. The number of hydrogen-bond acceptors (Lipinski definition) is 3. The number of carbonyl (C=O) groups is 2. The van der Waals surface area contributed by atoms with Crippen LogP contribution < -0.4 is 5.32 Å². The Balaban J connectivity index is 2.45. The number of carboxylic acid groups (broad SMARTS) is 1. The first-order valence-corrected chi connectivity index (χ1v) is 6.63. The van der Waals surface area contributed by atoms with E-state index in [1.165, 1.54) is 6.08 Å². The van der Waals surface area contributed by atoms with Gasteiger partial charge >= 0.3 is 5.97 Å². The summed E-state index contributed by atoms with van der Waals surface area (Å²) in [5, 5.41) is 11.7. The summed E-state index contributed by atoms with van der Waals surface area (Å²) in [6.07, 6.45) is 3.43. The molecule has 2 N–H and O–H groups in total. The van der Waals surface area contributed by atoms with E-state index in [0.29, 0.717) is 12.2 Å². The molecule has 1 heterocycles. The first-order valence-electron chi connectivity index (χ1n) is 6.63. The molecule has 1 unspecified atom stereocenters. The van der Waals surface area contributed by atoms with E-state index in [9.17, 15) is 9.59 Å². The van der Waals surface area contributed by atoms with Gasteiger partial charge in [0.05, 0.1) is 5.92 Å². The molecular weight excluding hydrogens is 258 g/mol. The second-order valence-electron chi connectivity index (χ2n) is 5.19.